The molecule has 2 heterocycles. The van der Waals surface area contributed by atoms with Crippen LogP contribution in [0.5, 0.6) is 0 Å². The van der Waals surface area contributed by atoms with E-state index >= 15 is 0 Å². The number of nitrogens with one attached hydrogen (secondary N) is 1. The minimum Gasteiger partial charge on any atom is -0.439 e. The third kappa shape index (κ3) is 1.16. The number of aromatic nitrogens is 1. The predicted molar refractivity (Wildman–Crippen MR) is 44.1 cm³/mol. The van der Waals surface area contributed by atoms with Crippen LogP contribution < -0.4 is 5.32 Å². The van der Waals surface area contributed by atoms with Crippen LogP contribution in [0.2, 0.25) is 0 Å². The number of alkyl carbamates (subject to hydrolysis) is 1. The van der Waals surface area contributed by atoms with Gasteiger partial charge < -0.3 is 10.1 Å². The Morgan fingerprint density at radius 1 is 1.83 bits per heavy atom. The molecule has 1 N–H and O–H groups in total. The quantitative estimate of drug-likeness (QED) is 0.714. The molecule has 1 aromatic rings. The highest BCUT2D eigenvalue weighted by molar-refractivity contribution is 7.09. The lowest BCUT2D eigenvalue weighted by Gasteiger charge is -2.04. The molecule has 0 spiro atoms. The second kappa shape index (κ2) is 2.75. The highest BCUT2D eigenvalue weighted by Gasteiger charge is 2.26. The van der Waals surface area contributed by atoms with E-state index in [1.54, 1.807) is 5.51 Å². The van der Waals surface area contributed by atoms with Gasteiger partial charge in [0.1, 0.15) is 0 Å². The van der Waals surface area contributed by atoms with Crippen LogP contribution in [0.15, 0.2) is 5.51 Å². The maximum absolute atomic E-state index is 10.7. The van der Waals surface area contributed by atoms with Crippen molar-refractivity contribution in [1.82, 2.24) is 10.3 Å². The fourth-order valence-electron chi connectivity index (χ4n) is 1.15. The zero-order chi connectivity index (χ0) is 8.55. The monoisotopic (exact) mass is 184 g/mol. The van der Waals surface area contributed by atoms with Gasteiger partial charge in [0.2, 0.25) is 0 Å². The van der Waals surface area contributed by atoms with Crippen LogP contribution in [0.25, 0.3) is 0 Å². The Balaban J connectivity index is 2.21. The molecule has 1 atom stereocenters. The first-order chi connectivity index (χ1) is 5.77. The normalized spacial score (nSPS) is 22.1. The minimum absolute atomic E-state index is 0.134. The molecule has 0 bridgehead atoms. The van der Waals surface area contributed by atoms with Crippen LogP contribution in [0.4, 0.5) is 4.79 Å². The Bertz CT molecular complexity index is 310. The number of hydrogen-bond donors (Lipinski definition) is 1. The van der Waals surface area contributed by atoms with Gasteiger partial charge in [-0.2, -0.15) is 0 Å². The third-order valence-electron chi connectivity index (χ3n) is 1.76. The van der Waals surface area contributed by atoms with Crippen LogP contribution in [-0.2, 0) is 4.74 Å². The first kappa shape index (κ1) is 7.54. The molecule has 1 aromatic heterocycles. The van der Waals surface area contributed by atoms with Gasteiger partial charge in [0.05, 0.1) is 22.6 Å². The molecule has 1 aliphatic rings. The molecule has 0 saturated carbocycles. The molecule has 0 radical (unpaired) electrons. The van der Waals surface area contributed by atoms with E-state index in [0.29, 0.717) is 6.54 Å². The lowest BCUT2D eigenvalue weighted by molar-refractivity contribution is 0.142. The van der Waals surface area contributed by atoms with Crippen LogP contribution in [0.1, 0.15) is 16.7 Å². The van der Waals surface area contributed by atoms with Crippen molar-refractivity contribution in [3.8, 4) is 0 Å². The summed E-state index contributed by atoms with van der Waals surface area (Å²) >= 11 is 1.52. The van der Waals surface area contributed by atoms with Crippen molar-refractivity contribution in [2.75, 3.05) is 6.54 Å². The molecule has 0 aromatic carbocycles. The van der Waals surface area contributed by atoms with Crippen molar-refractivity contribution in [2.45, 2.75) is 13.0 Å². The molecule has 1 aliphatic heterocycles. The van der Waals surface area contributed by atoms with E-state index in [9.17, 15) is 4.79 Å². The maximum Gasteiger partial charge on any atom is 0.407 e. The molecule has 5 heteroatoms. The molecular formula is C7H8N2O2S. The number of ether oxygens (including phenoxy) is 1. The van der Waals surface area contributed by atoms with Crippen molar-refractivity contribution in [2.24, 2.45) is 0 Å². The summed E-state index contributed by atoms with van der Waals surface area (Å²) in [5, 5.41) is 2.60. The summed E-state index contributed by atoms with van der Waals surface area (Å²) in [5.74, 6) is 0. The van der Waals surface area contributed by atoms with E-state index in [2.05, 4.69) is 10.3 Å². The van der Waals surface area contributed by atoms with Crippen LogP contribution in [0, 0.1) is 6.92 Å². The summed E-state index contributed by atoms with van der Waals surface area (Å²) in [6.45, 7) is 2.47. The van der Waals surface area contributed by atoms with Crippen molar-refractivity contribution >= 4 is 17.4 Å². The Kier molecular flexibility index (Phi) is 1.73. The van der Waals surface area contributed by atoms with E-state index in [0.717, 1.165) is 10.6 Å². The van der Waals surface area contributed by atoms with Gasteiger partial charge >= 0.3 is 6.09 Å². The van der Waals surface area contributed by atoms with E-state index in [1.165, 1.54) is 11.3 Å². The second-order valence-corrected chi connectivity index (χ2v) is 3.46. The van der Waals surface area contributed by atoms with Crippen LogP contribution in [0.3, 0.4) is 0 Å². The summed E-state index contributed by atoms with van der Waals surface area (Å²) in [5.41, 5.74) is 2.71. The molecule has 1 unspecified atom stereocenters. The summed E-state index contributed by atoms with van der Waals surface area (Å²) < 4.78 is 5.01. The molecule has 2 rings (SSSR count). The topological polar surface area (TPSA) is 51.2 Å². The first-order valence-corrected chi connectivity index (χ1v) is 4.50. The van der Waals surface area contributed by atoms with Crippen LogP contribution in [-0.4, -0.2) is 17.6 Å². The van der Waals surface area contributed by atoms with E-state index < -0.39 is 0 Å². The molecule has 0 aliphatic carbocycles. The molecule has 4 nitrogen and oxygen atoms in total. The molecule has 12 heavy (non-hydrogen) atoms. The Hall–Kier alpha value is -1.10. The lowest BCUT2D eigenvalue weighted by Crippen LogP contribution is -2.12. The van der Waals surface area contributed by atoms with Crippen molar-refractivity contribution < 1.29 is 9.53 Å². The molecule has 1 saturated heterocycles. The Morgan fingerprint density at radius 3 is 3.17 bits per heavy atom. The van der Waals surface area contributed by atoms with Crippen molar-refractivity contribution in [3.05, 3.63) is 16.1 Å². The van der Waals surface area contributed by atoms with E-state index in [1.807, 2.05) is 6.92 Å². The first-order valence-electron chi connectivity index (χ1n) is 3.62. The van der Waals surface area contributed by atoms with Gasteiger partial charge in [-0.1, -0.05) is 0 Å². The highest BCUT2D eigenvalue weighted by atomic mass is 32.1. The second-order valence-electron chi connectivity index (χ2n) is 2.58. The lowest BCUT2D eigenvalue weighted by atomic mass is 10.2. The van der Waals surface area contributed by atoms with Gasteiger partial charge in [0.25, 0.3) is 0 Å². The summed E-state index contributed by atoms with van der Waals surface area (Å²) in [4.78, 5) is 15.8. The summed E-state index contributed by atoms with van der Waals surface area (Å²) in [7, 11) is 0. The van der Waals surface area contributed by atoms with E-state index in [-0.39, 0.29) is 12.2 Å². The maximum atomic E-state index is 10.7. The zero-order valence-corrected chi connectivity index (χ0v) is 7.35. The largest absolute Gasteiger partial charge is 0.439 e. The standard InChI is InChI=1S/C7H8N2O2S/c1-4-6(12-3-9-4)5-2-8-7(10)11-5/h3,5H,2H2,1H3,(H,8,10). The summed E-state index contributed by atoms with van der Waals surface area (Å²) in [6.07, 6.45) is -0.474. The van der Waals surface area contributed by atoms with Gasteiger partial charge in [0.15, 0.2) is 6.10 Å². The average Bonchev–Trinajstić information content (AvgIpc) is 2.58. The fourth-order valence-corrected chi connectivity index (χ4v) is 1.99. The average molecular weight is 184 g/mol. The third-order valence-corrected chi connectivity index (χ3v) is 2.78. The number of thiazole rings is 1. The SMILES string of the molecule is Cc1ncsc1C1CNC(=O)O1. The Morgan fingerprint density at radius 2 is 2.67 bits per heavy atom. The number of rotatable bonds is 1. The van der Waals surface area contributed by atoms with Crippen molar-refractivity contribution in [1.29, 1.82) is 0 Å². The number of nitrogens with zero attached hydrogens (tertiary/aromatic N) is 1. The fraction of sp³-hybridized carbons (Fsp3) is 0.429. The number of cyclic esters (lactones) is 1. The van der Waals surface area contributed by atoms with Crippen LogP contribution >= 0.6 is 11.3 Å². The number of hydrogen-bond acceptors (Lipinski definition) is 4. The molecule has 1 amide bonds. The molecule has 1 fully saturated rings. The Labute approximate surface area is 73.6 Å². The smallest absolute Gasteiger partial charge is 0.407 e. The van der Waals surface area contributed by atoms with Gasteiger partial charge in [0, 0.05) is 0 Å². The van der Waals surface area contributed by atoms with Gasteiger partial charge in [-0.3, -0.25) is 0 Å². The zero-order valence-electron chi connectivity index (χ0n) is 6.53. The van der Waals surface area contributed by atoms with Gasteiger partial charge in [-0.25, -0.2) is 9.78 Å². The number of aryl methyl sites for hydroxylation is 1. The van der Waals surface area contributed by atoms with Gasteiger partial charge in [-0.15, -0.1) is 11.3 Å². The van der Waals surface area contributed by atoms with E-state index in [4.69, 9.17) is 4.74 Å². The molecular weight excluding hydrogens is 176 g/mol. The molecule has 64 valence electrons. The van der Waals surface area contributed by atoms with Gasteiger partial charge in [-0.05, 0) is 6.92 Å². The minimum atomic E-state index is -0.340. The van der Waals surface area contributed by atoms with Crippen molar-refractivity contribution in [3.63, 3.8) is 0 Å². The predicted octanol–water partition coefficient (Wildman–Crippen LogP) is 1.23. The summed E-state index contributed by atoms with van der Waals surface area (Å²) in [6, 6.07) is 0. The number of amides is 1. The number of carbonyl (C=O) groups is 1. The number of carbonyl (C=O) groups excluding carboxylic acids is 1. The highest BCUT2D eigenvalue weighted by Crippen LogP contribution is 2.26.